The van der Waals surface area contributed by atoms with Crippen molar-refractivity contribution >= 4 is 11.7 Å². The number of pyridine rings is 1. The Hall–Kier alpha value is -2.54. The molecule has 26 heavy (non-hydrogen) atoms. The van der Waals surface area contributed by atoms with Gasteiger partial charge in [-0.15, -0.1) is 0 Å². The van der Waals surface area contributed by atoms with Crippen molar-refractivity contribution < 1.29 is 9.53 Å². The fraction of sp³-hybridized carbons (Fsp3) is 0.474. The zero-order valence-corrected chi connectivity index (χ0v) is 14.7. The smallest absolute Gasteiger partial charge is 0.257 e. The summed E-state index contributed by atoms with van der Waals surface area (Å²) >= 11 is 0. The van der Waals surface area contributed by atoms with Gasteiger partial charge in [0.1, 0.15) is 11.6 Å². The van der Waals surface area contributed by atoms with Gasteiger partial charge in [0.25, 0.3) is 5.91 Å². The number of carbonyl (C=O) groups excluding carboxylic acids is 1. The highest BCUT2D eigenvalue weighted by Gasteiger charge is 2.28. The second kappa shape index (κ2) is 7.37. The first-order chi connectivity index (χ1) is 12.7. The Labute approximate surface area is 152 Å². The number of rotatable bonds is 5. The Morgan fingerprint density at radius 1 is 1.27 bits per heavy atom. The lowest BCUT2D eigenvalue weighted by Gasteiger charge is -2.33. The normalized spacial score (nSPS) is 20.2. The zero-order chi connectivity index (χ0) is 17.9. The highest BCUT2D eigenvalue weighted by Crippen LogP contribution is 2.37. The molecule has 2 aromatic heterocycles. The number of carbonyl (C=O) groups is 1. The van der Waals surface area contributed by atoms with Gasteiger partial charge >= 0.3 is 0 Å². The van der Waals surface area contributed by atoms with E-state index in [2.05, 4.69) is 15.0 Å². The lowest BCUT2D eigenvalue weighted by molar-refractivity contribution is -0.0246. The highest BCUT2D eigenvalue weighted by molar-refractivity contribution is 5.93. The minimum Gasteiger partial charge on any atom is -0.384 e. The van der Waals surface area contributed by atoms with Gasteiger partial charge in [-0.3, -0.25) is 4.79 Å². The van der Waals surface area contributed by atoms with Crippen LogP contribution in [0.15, 0.2) is 30.7 Å². The number of morpholine rings is 1. The fourth-order valence-electron chi connectivity index (χ4n) is 3.24. The number of anilines is 1. The monoisotopic (exact) mass is 353 g/mol. The first-order valence-electron chi connectivity index (χ1n) is 9.12. The van der Waals surface area contributed by atoms with Crippen LogP contribution in [0.1, 0.15) is 46.9 Å². The van der Waals surface area contributed by atoms with Gasteiger partial charge < -0.3 is 15.4 Å². The average molecular weight is 353 g/mol. The molecule has 7 heteroatoms. The molecular formula is C19H23N5O2. The third kappa shape index (κ3) is 3.99. The van der Waals surface area contributed by atoms with Crippen LogP contribution >= 0.6 is 0 Å². The Morgan fingerprint density at radius 2 is 2.08 bits per heavy atom. The van der Waals surface area contributed by atoms with Crippen LogP contribution in [0, 0.1) is 0 Å². The molecule has 1 aliphatic heterocycles. The predicted molar refractivity (Wildman–Crippen MR) is 96.6 cm³/mol. The number of ether oxygens (including phenoxy) is 1. The number of aromatic nitrogens is 3. The summed E-state index contributed by atoms with van der Waals surface area (Å²) in [5.41, 5.74) is 7.41. The molecule has 1 aliphatic carbocycles. The molecule has 4 rings (SSSR count). The molecule has 136 valence electrons. The predicted octanol–water partition coefficient (Wildman–Crippen LogP) is 1.80. The number of nitrogens with zero attached hydrogens (tertiary/aromatic N) is 4. The maximum absolute atomic E-state index is 12.7. The largest absolute Gasteiger partial charge is 0.384 e. The minimum absolute atomic E-state index is 0.0196. The van der Waals surface area contributed by atoms with E-state index in [4.69, 9.17) is 10.5 Å². The number of nitrogens with two attached hydrogens (primary N) is 1. The third-order valence-electron chi connectivity index (χ3n) is 4.89. The average Bonchev–Trinajstić information content (AvgIpc) is 3.52. The van der Waals surface area contributed by atoms with Crippen molar-refractivity contribution in [2.45, 2.75) is 37.7 Å². The molecule has 1 saturated heterocycles. The van der Waals surface area contributed by atoms with Crippen molar-refractivity contribution in [1.29, 1.82) is 0 Å². The second-order valence-corrected chi connectivity index (χ2v) is 6.98. The standard InChI is InChI=1S/C19H23N5O2/c20-17-9-13(5-6-21-17)1-4-16-12-24(7-8-26-16)19(25)15-10-22-18(23-11-15)14-2-3-14/h5-6,9-11,14,16H,1-4,7-8,12H2,(H2,20,21). The molecule has 2 N–H and O–H groups in total. The molecule has 0 aromatic carbocycles. The van der Waals surface area contributed by atoms with Gasteiger partial charge in [-0.2, -0.15) is 0 Å². The minimum atomic E-state index is -0.0196. The number of aryl methyl sites for hydroxylation is 1. The van der Waals surface area contributed by atoms with Crippen LogP contribution in [0.5, 0.6) is 0 Å². The molecule has 1 atom stereocenters. The van der Waals surface area contributed by atoms with Crippen LogP contribution < -0.4 is 5.73 Å². The first-order valence-corrected chi connectivity index (χ1v) is 9.12. The quantitative estimate of drug-likeness (QED) is 0.881. The van der Waals surface area contributed by atoms with E-state index in [9.17, 15) is 4.79 Å². The van der Waals surface area contributed by atoms with Gasteiger partial charge in [0, 0.05) is 37.6 Å². The molecule has 0 spiro atoms. The van der Waals surface area contributed by atoms with E-state index in [0.717, 1.165) is 37.1 Å². The maximum atomic E-state index is 12.7. The number of hydrogen-bond donors (Lipinski definition) is 1. The summed E-state index contributed by atoms with van der Waals surface area (Å²) in [6.07, 6.45) is 9.05. The van der Waals surface area contributed by atoms with Crippen LogP contribution in [-0.2, 0) is 11.2 Å². The first kappa shape index (κ1) is 16.9. The summed E-state index contributed by atoms with van der Waals surface area (Å²) in [5.74, 6) is 1.86. The van der Waals surface area contributed by atoms with Crippen molar-refractivity contribution in [3.05, 3.63) is 47.7 Å². The highest BCUT2D eigenvalue weighted by atomic mass is 16.5. The molecule has 2 fully saturated rings. The molecule has 3 heterocycles. The van der Waals surface area contributed by atoms with Crippen LogP contribution in [-0.4, -0.2) is 51.6 Å². The fourth-order valence-corrected chi connectivity index (χ4v) is 3.24. The molecule has 1 saturated carbocycles. The van der Waals surface area contributed by atoms with Crippen LogP contribution in [0.2, 0.25) is 0 Å². The Bertz CT molecular complexity index is 776. The molecule has 2 aromatic rings. The summed E-state index contributed by atoms with van der Waals surface area (Å²) in [6.45, 7) is 1.74. The number of nitrogen functional groups attached to an aromatic ring is 1. The van der Waals surface area contributed by atoms with E-state index in [1.807, 2.05) is 17.0 Å². The number of amides is 1. The van der Waals surface area contributed by atoms with E-state index in [0.29, 0.717) is 37.0 Å². The molecule has 2 aliphatic rings. The van der Waals surface area contributed by atoms with Crippen LogP contribution in [0.4, 0.5) is 5.82 Å². The van der Waals surface area contributed by atoms with Crippen molar-refractivity contribution in [2.24, 2.45) is 0 Å². The third-order valence-corrected chi connectivity index (χ3v) is 4.89. The van der Waals surface area contributed by atoms with Crippen molar-refractivity contribution in [2.75, 3.05) is 25.4 Å². The van der Waals surface area contributed by atoms with Crippen LogP contribution in [0.25, 0.3) is 0 Å². The second-order valence-electron chi connectivity index (χ2n) is 6.98. The lowest BCUT2D eigenvalue weighted by Crippen LogP contribution is -2.45. The summed E-state index contributed by atoms with van der Waals surface area (Å²) in [6, 6.07) is 3.84. The SMILES string of the molecule is Nc1cc(CCC2CN(C(=O)c3cnc(C4CC4)nc3)CCO2)ccn1. The molecule has 1 unspecified atom stereocenters. The van der Waals surface area contributed by atoms with Gasteiger partial charge in [0.2, 0.25) is 0 Å². The zero-order valence-electron chi connectivity index (χ0n) is 14.7. The van der Waals surface area contributed by atoms with E-state index >= 15 is 0 Å². The molecule has 0 bridgehead atoms. The van der Waals surface area contributed by atoms with Gasteiger partial charge in [0.15, 0.2) is 0 Å². The van der Waals surface area contributed by atoms with Gasteiger partial charge in [0.05, 0.1) is 18.3 Å². The van der Waals surface area contributed by atoms with Gasteiger partial charge in [-0.25, -0.2) is 15.0 Å². The van der Waals surface area contributed by atoms with E-state index in [1.54, 1.807) is 18.6 Å². The Balaban J connectivity index is 1.34. The molecule has 0 radical (unpaired) electrons. The van der Waals surface area contributed by atoms with Crippen molar-refractivity contribution in [1.82, 2.24) is 19.9 Å². The molecule has 7 nitrogen and oxygen atoms in total. The lowest BCUT2D eigenvalue weighted by atomic mass is 10.1. The summed E-state index contributed by atoms with van der Waals surface area (Å²) in [4.78, 5) is 27.3. The Morgan fingerprint density at radius 3 is 2.81 bits per heavy atom. The van der Waals surface area contributed by atoms with E-state index < -0.39 is 0 Å². The van der Waals surface area contributed by atoms with Crippen LogP contribution in [0.3, 0.4) is 0 Å². The van der Waals surface area contributed by atoms with E-state index in [-0.39, 0.29) is 12.0 Å². The molecule has 1 amide bonds. The van der Waals surface area contributed by atoms with Gasteiger partial charge in [-0.05, 0) is 43.4 Å². The Kier molecular flexibility index (Phi) is 4.79. The molecular weight excluding hydrogens is 330 g/mol. The van der Waals surface area contributed by atoms with Crippen molar-refractivity contribution in [3.8, 4) is 0 Å². The summed E-state index contributed by atoms with van der Waals surface area (Å²) in [5, 5.41) is 0. The summed E-state index contributed by atoms with van der Waals surface area (Å²) < 4.78 is 5.83. The van der Waals surface area contributed by atoms with Gasteiger partial charge in [-0.1, -0.05) is 0 Å². The topological polar surface area (TPSA) is 94.2 Å². The summed E-state index contributed by atoms with van der Waals surface area (Å²) in [7, 11) is 0. The number of hydrogen-bond acceptors (Lipinski definition) is 6. The van der Waals surface area contributed by atoms with Crippen molar-refractivity contribution in [3.63, 3.8) is 0 Å². The maximum Gasteiger partial charge on any atom is 0.257 e. The van der Waals surface area contributed by atoms with E-state index in [1.165, 1.54) is 0 Å².